The van der Waals surface area contributed by atoms with Crippen molar-refractivity contribution in [3.05, 3.63) is 66.0 Å². The van der Waals surface area contributed by atoms with Gasteiger partial charge in [-0.05, 0) is 79.2 Å². The number of fused-ring (bicyclic) bond motifs is 1. The number of hydrogen-bond acceptors (Lipinski definition) is 6. The molecule has 3 heterocycles. The summed E-state index contributed by atoms with van der Waals surface area (Å²) >= 11 is 0. The average Bonchev–Trinajstić information content (AvgIpc) is 3.68. The van der Waals surface area contributed by atoms with Gasteiger partial charge in [0.15, 0.2) is 11.5 Å². The molecule has 2 aromatic heterocycles. The Morgan fingerprint density at radius 1 is 1.00 bits per heavy atom. The molecule has 4 aromatic rings. The Bertz CT molecular complexity index is 1300. The van der Waals surface area contributed by atoms with Crippen molar-refractivity contribution < 1.29 is 13.9 Å². The molecule has 2 aromatic carbocycles. The number of aliphatic hydroxyl groups is 1. The smallest absolute Gasteiger partial charge is 0.185 e. The van der Waals surface area contributed by atoms with E-state index in [-0.39, 0.29) is 18.5 Å². The minimum Gasteiger partial charge on any atom is -0.395 e. The lowest BCUT2D eigenvalue weighted by Gasteiger charge is -2.27. The minimum atomic E-state index is -0.221. The van der Waals surface area contributed by atoms with E-state index in [1.165, 1.54) is 6.07 Å². The van der Waals surface area contributed by atoms with Crippen LogP contribution in [0.1, 0.15) is 59.1 Å². The van der Waals surface area contributed by atoms with Crippen LogP contribution >= 0.6 is 9.24 Å². The second-order valence-electron chi connectivity index (χ2n) is 8.46. The van der Waals surface area contributed by atoms with Gasteiger partial charge in [-0.15, -0.1) is 24.5 Å². The number of benzene rings is 2. The molecule has 5 rings (SSSR count). The number of halogens is 2. The molecule has 218 valence electrons. The number of rotatable bonds is 7. The van der Waals surface area contributed by atoms with Gasteiger partial charge in [0, 0.05) is 30.9 Å². The van der Waals surface area contributed by atoms with Crippen molar-refractivity contribution in [2.24, 2.45) is 0 Å². The number of likely N-dealkylation sites (N-methyl/N-ethyl adjacent to an activating group) is 1. The van der Waals surface area contributed by atoms with Crippen LogP contribution in [0, 0.1) is 5.82 Å². The highest BCUT2D eigenvalue weighted by Crippen LogP contribution is 2.35. The van der Waals surface area contributed by atoms with Crippen molar-refractivity contribution in [2.75, 3.05) is 43.2 Å². The van der Waals surface area contributed by atoms with Crippen LogP contribution in [0.5, 0.6) is 0 Å². The number of hydrogen-bond donors (Lipinski definition) is 1. The van der Waals surface area contributed by atoms with Gasteiger partial charge >= 0.3 is 0 Å². The van der Waals surface area contributed by atoms with E-state index in [4.69, 9.17) is 5.10 Å². The molecule has 10 heteroatoms. The van der Waals surface area contributed by atoms with Crippen molar-refractivity contribution >= 4 is 31.7 Å². The molecule has 0 radical (unpaired) electrons. The van der Waals surface area contributed by atoms with Gasteiger partial charge < -0.3 is 14.9 Å². The van der Waals surface area contributed by atoms with Crippen LogP contribution < -0.4 is 15.1 Å². The lowest BCUT2D eigenvalue weighted by atomic mass is 10.0. The third-order valence-electron chi connectivity index (χ3n) is 6.45. The second-order valence-corrected chi connectivity index (χ2v) is 9.08. The fraction of sp³-hybridized carbons (Fsp3) is 0.433. The molecule has 0 saturated carbocycles. The summed E-state index contributed by atoms with van der Waals surface area (Å²) < 4.78 is 25.3. The molecule has 1 aliphatic rings. The van der Waals surface area contributed by atoms with Crippen molar-refractivity contribution in [1.82, 2.24) is 19.8 Å². The molecule has 0 amide bonds. The van der Waals surface area contributed by atoms with Crippen molar-refractivity contribution in [1.29, 1.82) is 0 Å². The van der Waals surface area contributed by atoms with Gasteiger partial charge in [0.1, 0.15) is 11.6 Å². The highest BCUT2D eigenvalue weighted by atomic mass is 31.0. The summed E-state index contributed by atoms with van der Waals surface area (Å²) in [5.74, 6) is 1.27. The van der Waals surface area contributed by atoms with Gasteiger partial charge in [0.2, 0.25) is 0 Å². The van der Waals surface area contributed by atoms with Crippen molar-refractivity contribution in [3.63, 3.8) is 0 Å². The van der Waals surface area contributed by atoms with E-state index < -0.39 is 0 Å². The van der Waals surface area contributed by atoms with Crippen LogP contribution in [0.25, 0.3) is 17.0 Å². The molecule has 0 spiro atoms. The zero-order valence-electron chi connectivity index (χ0n) is 24.5. The first-order chi connectivity index (χ1) is 19.6. The topological polar surface area (TPSA) is 69.8 Å². The van der Waals surface area contributed by atoms with E-state index >= 15 is 0 Å². The molecule has 1 aliphatic heterocycles. The highest BCUT2D eigenvalue weighted by Gasteiger charge is 2.29. The summed E-state index contributed by atoms with van der Waals surface area (Å²) in [6.45, 7) is 12.4. The molecule has 7 nitrogen and oxygen atoms in total. The number of anilines is 2. The summed E-state index contributed by atoms with van der Waals surface area (Å²) in [4.78, 5) is 4.35. The van der Waals surface area contributed by atoms with E-state index in [0.717, 1.165) is 53.9 Å². The monoisotopic (exact) mass is 572 g/mol. The Hall–Kier alpha value is -3.16. The molecule has 40 heavy (non-hydrogen) atoms. The Kier molecular flexibility index (Phi) is 13.9. The summed E-state index contributed by atoms with van der Waals surface area (Å²) in [7, 11) is 3.22. The quantitative estimate of drug-likeness (QED) is 0.265. The van der Waals surface area contributed by atoms with Gasteiger partial charge in [-0.1, -0.05) is 33.8 Å². The Balaban J connectivity index is 0.000000876. The average molecular weight is 573 g/mol. The molecule has 1 N–H and O–H groups in total. The maximum Gasteiger partial charge on any atom is 0.185 e. The number of nitrogens with zero attached hydrogens (tertiary/aromatic N) is 6. The fourth-order valence-electron chi connectivity index (χ4n) is 4.72. The zero-order chi connectivity index (χ0) is 29.7. The fourth-order valence-corrected chi connectivity index (χ4v) is 5.09. The number of aromatic nitrogens is 4. The summed E-state index contributed by atoms with van der Waals surface area (Å²) in [5.41, 5.74) is 3.61. The molecule has 2 unspecified atom stereocenters. The highest BCUT2D eigenvalue weighted by molar-refractivity contribution is 7.27. The summed E-state index contributed by atoms with van der Waals surface area (Å²) in [6, 6.07) is 17.0. The maximum atomic E-state index is 14.0. The SMILES string of the molecule is CC.CC.CCN(CCO)c1ccc(-c2nnc3ccc(N4CCCC4c4cc(F)ccc4P)nn23)cc1.CF. The normalized spacial score (nSPS) is 13.9. The van der Waals surface area contributed by atoms with E-state index in [9.17, 15) is 13.9 Å². The van der Waals surface area contributed by atoms with E-state index in [1.54, 1.807) is 10.6 Å². The third kappa shape index (κ3) is 7.52. The van der Waals surface area contributed by atoms with E-state index in [1.807, 2.05) is 70.2 Å². The van der Waals surface area contributed by atoms with Crippen LogP contribution in [0.3, 0.4) is 0 Å². The predicted molar refractivity (Wildman–Crippen MR) is 166 cm³/mol. The summed E-state index contributed by atoms with van der Waals surface area (Å²) in [6.07, 6.45) is 1.96. The van der Waals surface area contributed by atoms with Gasteiger partial charge in [-0.3, -0.25) is 4.39 Å². The Morgan fingerprint density at radius 3 is 2.35 bits per heavy atom. The van der Waals surface area contributed by atoms with Crippen molar-refractivity contribution in [3.8, 4) is 11.4 Å². The molecule has 0 aliphatic carbocycles. The van der Waals surface area contributed by atoms with E-state index in [2.05, 4.69) is 36.2 Å². The standard InChI is InChI=1S/C25H28FN6OP.2C2H6.CH3F/c1-2-30(14-15-33)19-8-5-17(6-9-19)25-28-27-23-11-12-24(29-32(23)25)31-13-3-4-21(31)20-16-18(26)7-10-22(20)34;3*1-2/h5-12,16,21,33H,2-4,13-15,34H2,1H3;2*1-2H3;1H3. The van der Waals surface area contributed by atoms with Crippen LogP contribution in [0.15, 0.2) is 54.6 Å². The maximum absolute atomic E-state index is 14.0. The van der Waals surface area contributed by atoms with Gasteiger partial charge in [-0.25, -0.2) is 4.39 Å². The minimum absolute atomic E-state index is 0.0684. The third-order valence-corrected chi connectivity index (χ3v) is 6.97. The Labute approximate surface area is 239 Å². The Morgan fingerprint density at radius 2 is 1.70 bits per heavy atom. The second kappa shape index (κ2) is 16.8. The molecule has 0 bridgehead atoms. The zero-order valence-corrected chi connectivity index (χ0v) is 25.6. The summed E-state index contributed by atoms with van der Waals surface area (Å²) in [5, 5.41) is 23.9. The number of aliphatic hydroxyl groups excluding tert-OH is 1. The van der Waals surface area contributed by atoms with E-state index in [0.29, 0.717) is 25.2 Å². The van der Waals surface area contributed by atoms with Crippen molar-refractivity contribution in [2.45, 2.75) is 53.5 Å². The first-order valence-corrected chi connectivity index (χ1v) is 14.5. The molecule has 1 saturated heterocycles. The largest absolute Gasteiger partial charge is 0.395 e. The first-order valence-electron chi connectivity index (χ1n) is 14.0. The van der Waals surface area contributed by atoms with Gasteiger partial charge in [-0.2, -0.15) is 4.52 Å². The predicted octanol–water partition coefficient (Wildman–Crippen LogP) is 6.23. The molecule has 2 atom stereocenters. The van der Waals surface area contributed by atoms with Crippen LogP contribution in [-0.2, 0) is 0 Å². The molecular weight excluding hydrogens is 529 g/mol. The van der Waals surface area contributed by atoms with Gasteiger partial charge in [0.25, 0.3) is 0 Å². The van der Waals surface area contributed by atoms with Gasteiger partial charge in [0.05, 0.1) is 19.8 Å². The first kappa shape index (κ1) is 33.0. The van der Waals surface area contributed by atoms with Crippen LogP contribution in [-0.4, -0.2) is 58.3 Å². The number of alkyl halides is 1. The lowest BCUT2D eigenvalue weighted by Crippen LogP contribution is -2.26. The molecular formula is C30H43F2N6OP. The lowest BCUT2D eigenvalue weighted by molar-refractivity contribution is 0.302. The van der Waals surface area contributed by atoms with Crippen LogP contribution in [0.2, 0.25) is 0 Å². The van der Waals surface area contributed by atoms with Crippen LogP contribution in [0.4, 0.5) is 20.3 Å². The molecule has 1 fully saturated rings.